The van der Waals surface area contributed by atoms with Crippen LogP contribution in [0.3, 0.4) is 0 Å². The Morgan fingerprint density at radius 3 is 2.36 bits per heavy atom. The quantitative estimate of drug-likeness (QED) is 0.436. The van der Waals surface area contributed by atoms with Crippen molar-refractivity contribution in [2.75, 3.05) is 31.1 Å². The number of furan rings is 1. The summed E-state index contributed by atoms with van der Waals surface area (Å²) in [5.41, 5.74) is -0.371. The molecule has 4 aromatic rings. The lowest BCUT2D eigenvalue weighted by atomic mass is 10.2. The van der Waals surface area contributed by atoms with Crippen LogP contribution >= 0.6 is 0 Å². The minimum Gasteiger partial charge on any atom is -0.463 e. The topological polar surface area (TPSA) is 79.8 Å². The van der Waals surface area contributed by atoms with Crippen LogP contribution in [0.1, 0.15) is 16.3 Å². The predicted molar refractivity (Wildman–Crippen MR) is 108 cm³/mol. The smallest absolute Gasteiger partial charge is 0.433 e. The molecule has 0 unspecified atom stereocenters. The summed E-state index contributed by atoms with van der Waals surface area (Å²) in [6.07, 6.45) is -3.43. The van der Waals surface area contributed by atoms with Gasteiger partial charge >= 0.3 is 6.18 Å². The van der Waals surface area contributed by atoms with Gasteiger partial charge in [-0.25, -0.2) is 9.37 Å². The van der Waals surface area contributed by atoms with Crippen molar-refractivity contribution in [1.29, 1.82) is 0 Å². The molecule has 1 aliphatic rings. The average Bonchev–Trinajstić information content (AvgIpc) is 3.48. The summed E-state index contributed by atoms with van der Waals surface area (Å²) in [4.78, 5) is 24.4. The van der Waals surface area contributed by atoms with E-state index in [4.69, 9.17) is 4.42 Å². The molecule has 0 aliphatic carbocycles. The van der Waals surface area contributed by atoms with E-state index in [1.165, 1.54) is 35.4 Å². The summed E-state index contributed by atoms with van der Waals surface area (Å²) in [6.45, 7) is 1.56. The molecule has 1 saturated heterocycles. The number of piperazine rings is 1. The summed E-state index contributed by atoms with van der Waals surface area (Å²) in [7, 11) is 0. The molecule has 0 spiro atoms. The van der Waals surface area contributed by atoms with Gasteiger partial charge in [-0.1, -0.05) is 0 Å². The Morgan fingerprint density at radius 1 is 1.00 bits per heavy atom. The van der Waals surface area contributed by atoms with Crippen molar-refractivity contribution in [2.45, 2.75) is 6.18 Å². The molecule has 0 radical (unpaired) electrons. The highest BCUT2D eigenvalue weighted by atomic mass is 19.4. The zero-order valence-corrected chi connectivity index (χ0v) is 17.0. The van der Waals surface area contributed by atoms with E-state index in [1.54, 1.807) is 12.1 Å². The Bertz CT molecular complexity index is 1290. The van der Waals surface area contributed by atoms with Crippen LogP contribution in [0.4, 0.5) is 23.2 Å². The molecule has 1 aromatic carbocycles. The normalized spacial score (nSPS) is 14.8. The molecule has 0 bridgehead atoms. The molecule has 33 heavy (non-hydrogen) atoms. The monoisotopic (exact) mass is 460 g/mol. The molecular formula is C21H16F4N6O2. The third kappa shape index (κ3) is 3.99. The lowest BCUT2D eigenvalue weighted by Gasteiger charge is -2.35. The fraction of sp³-hybridized carbons (Fsp3) is 0.238. The Balaban J connectivity index is 1.41. The number of carbonyl (C=O) groups excluding carboxylic acids is 1. The van der Waals surface area contributed by atoms with E-state index < -0.39 is 17.8 Å². The van der Waals surface area contributed by atoms with Gasteiger partial charge in [-0.2, -0.15) is 22.7 Å². The van der Waals surface area contributed by atoms with Crippen LogP contribution in [0, 0.1) is 5.82 Å². The molecule has 5 rings (SSSR count). The number of hydrogen-bond acceptors (Lipinski definition) is 6. The van der Waals surface area contributed by atoms with Crippen molar-refractivity contribution in [2.24, 2.45) is 0 Å². The Hall–Kier alpha value is -3.96. The number of carbonyl (C=O) groups is 1. The second kappa shape index (κ2) is 7.87. The van der Waals surface area contributed by atoms with Gasteiger partial charge in [-0.05, 0) is 42.5 Å². The van der Waals surface area contributed by atoms with Crippen molar-refractivity contribution in [1.82, 2.24) is 24.5 Å². The molecule has 1 aliphatic heterocycles. The van der Waals surface area contributed by atoms with Gasteiger partial charge in [0, 0.05) is 31.9 Å². The number of fused-ring (bicyclic) bond motifs is 1. The van der Waals surface area contributed by atoms with E-state index in [9.17, 15) is 22.4 Å². The maximum Gasteiger partial charge on any atom is 0.433 e. The minimum absolute atomic E-state index is 0.0702. The lowest BCUT2D eigenvalue weighted by molar-refractivity contribution is -0.142. The van der Waals surface area contributed by atoms with Gasteiger partial charge in [0.2, 0.25) is 5.82 Å². The second-order valence-corrected chi connectivity index (χ2v) is 7.40. The molecule has 0 N–H and O–H groups in total. The van der Waals surface area contributed by atoms with Crippen LogP contribution in [-0.2, 0) is 6.18 Å². The molecule has 0 saturated carbocycles. The Morgan fingerprint density at radius 2 is 1.73 bits per heavy atom. The Kier molecular flexibility index (Phi) is 4.99. The average molecular weight is 460 g/mol. The van der Waals surface area contributed by atoms with Crippen molar-refractivity contribution >= 4 is 17.4 Å². The molecule has 4 heterocycles. The van der Waals surface area contributed by atoms with Gasteiger partial charge in [-0.15, -0.1) is 5.10 Å². The molecule has 0 atom stereocenters. The van der Waals surface area contributed by atoms with Crippen LogP contribution in [-0.4, -0.2) is 56.6 Å². The highest BCUT2D eigenvalue weighted by Crippen LogP contribution is 2.32. The van der Waals surface area contributed by atoms with Crippen molar-refractivity contribution < 1.29 is 26.8 Å². The first kappa shape index (κ1) is 20.9. The highest BCUT2D eigenvalue weighted by Gasteiger charge is 2.37. The van der Waals surface area contributed by atoms with Crippen molar-refractivity contribution in [3.8, 4) is 11.5 Å². The number of amides is 1. The van der Waals surface area contributed by atoms with Gasteiger partial charge in [0.15, 0.2) is 11.5 Å². The van der Waals surface area contributed by atoms with E-state index in [0.717, 1.165) is 11.8 Å². The maximum absolute atomic E-state index is 13.7. The van der Waals surface area contributed by atoms with Gasteiger partial charge in [-0.3, -0.25) is 4.79 Å². The minimum atomic E-state index is -4.75. The van der Waals surface area contributed by atoms with Gasteiger partial charge in [0.25, 0.3) is 11.7 Å². The van der Waals surface area contributed by atoms with Gasteiger partial charge < -0.3 is 14.2 Å². The van der Waals surface area contributed by atoms with E-state index in [1.807, 2.05) is 4.90 Å². The van der Waals surface area contributed by atoms with E-state index in [2.05, 4.69) is 15.1 Å². The number of anilines is 1. The fourth-order valence-corrected chi connectivity index (χ4v) is 3.67. The number of benzene rings is 1. The summed E-state index contributed by atoms with van der Waals surface area (Å²) < 4.78 is 59.8. The summed E-state index contributed by atoms with van der Waals surface area (Å²) in [5, 5.41) is 3.81. The molecular weight excluding hydrogens is 444 g/mol. The summed E-state index contributed by atoms with van der Waals surface area (Å²) >= 11 is 0. The second-order valence-electron chi connectivity index (χ2n) is 7.40. The number of rotatable bonds is 3. The number of alkyl halides is 3. The van der Waals surface area contributed by atoms with Gasteiger partial charge in [0.1, 0.15) is 11.5 Å². The summed E-state index contributed by atoms with van der Waals surface area (Å²) in [6, 6.07) is 9.82. The Labute approximate surface area is 184 Å². The third-order valence-electron chi connectivity index (χ3n) is 5.33. The number of hydrogen-bond donors (Lipinski definition) is 0. The van der Waals surface area contributed by atoms with Crippen LogP contribution in [0.2, 0.25) is 0 Å². The molecule has 1 amide bonds. The maximum atomic E-state index is 13.7. The van der Waals surface area contributed by atoms with Crippen molar-refractivity contribution in [3.05, 3.63) is 66.1 Å². The predicted octanol–water partition coefficient (Wildman–Crippen LogP) is 3.50. The molecule has 8 nitrogen and oxygen atoms in total. The zero-order chi connectivity index (χ0) is 23.2. The van der Waals surface area contributed by atoms with Crippen molar-refractivity contribution in [3.63, 3.8) is 0 Å². The molecule has 1 fully saturated rings. The third-order valence-corrected chi connectivity index (χ3v) is 5.33. The number of aromatic nitrogens is 4. The standard InChI is InChI=1S/C21H16F4N6O2/c22-13-3-5-14(6-4-13)29-7-9-30(10-8-29)19(32)18-27-20-26-15(16-2-1-11-33-16)12-17(21(23,24)25)31(20)28-18/h1-6,11-12H,7-10H2. The molecule has 12 heteroatoms. The van der Waals surface area contributed by atoms with E-state index in [0.29, 0.717) is 30.7 Å². The molecule has 3 aromatic heterocycles. The molecule has 170 valence electrons. The first-order valence-corrected chi connectivity index (χ1v) is 9.98. The van der Waals surface area contributed by atoms with Crippen LogP contribution in [0.5, 0.6) is 0 Å². The van der Waals surface area contributed by atoms with Gasteiger partial charge in [0.05, 0.1) is 6.26 Å². The number of halogens is 4. The first-order chi connectivity index (χ1) is 15.8. The van der Waals surface area contributed by atoms with E-state index in [-0.39, 0.29) is 28.9 Å². The van der Waals surface area contributed by atoms with Crippen LogP contribution < -0.4 is 4.90 Å². The highest BCUT2D eigenvalue weighted by molar-refractivity contribution is 5.91. The summed E-state index contributed by atoms with van der Waals surface area (Å²) in [5.74, 6) is -1.53. The largest absolute Gasteiger partial charge is 0.463 e. The first-order valence-electron chi connectivity index (χ1n) is 9.98. The zero-order valence-electron chi connectivity index (χ0n) is 17.0. The fourth-order valence-electron chi connectivity index (χ4n) is 3.67. The number of nitrogens with zero attached hydrogens (tertiary/aromatic N) is 6. The van der Waals surface area contributed by atoms with Crippen LogP contribution in [0.25, 0.3) is 17.2 Å². The SMILES string of the molecule is O=C(c1nc2nc(-c3ccco3)cc(C(F)(F)F)n2n1)N1CCN(c2ccc(F)cc2)CC1. The van der Waals surface area contributed by atoms with E-state index >= 15 is 0 Å². The van der Waals surface area contributed by atoms with Crippen LogP contribution in [0.15, 0.2) is 53.1 Å². The lowest BCUT2D eigenvalue weighted by Crippen LogP contribution is -2.49.